The van der Waals surface area contributed by atoms with Crippen LogP contribution in [-0.2, 0) is 17.6 Å². The summed E-state index contributed by atoms with van der Waals surface area (Å²) in [7, 11) is 1.63. The first kappa shape index (κ1) is 15.5. The van der Waals surface area contributed by atoms with Gasteiger partial charge in [-0.05, 0) is 36.5 Å². The van der Waals surface area contributed by atoms with Crippen molar-refractivity contribution >= 4 is 11.6 Å². The van der Waals surface area contributed by atoms with Gasteiger partial charge in [-0.15, -0.1) is 12.3 Å². The van der Waals surface area contributed by atoms with Gasteiger partial charge in [0.05, 0.1) is 12.8 Å². The molecular weight excluding hydrogens is 290 g/mol. The zero-order valence-electron chi connectivity index (χ0n) is 13.4. The molecule has 1 N–H and O–H groups in total. The molecule has 5 nitrogen and oxygen atoms in total. The number of benzene rings is 1. The Kier molecular flexibility index (Phi) is 4.33. The first-order chi connectivity index (χ1) is 11.2. The maximum absolute atomic E-state index is 12.3. The second-order valence-electron chi connectivity index (χ2n) is 6.07. The summed E-state index contributed by atoms with van der Waals surface area (Å²) in [4.78, 5) is 12.3. The largest absolute Gasteiger partial charge is 0.495 e. The van der Waals surface area contributed by atoms with E-state index in [0.717, 1.165) is 37.1 Å². The normalized spacial score (nSPS) is 16.5. The van der Waals surface area contributed by atoms with Gasteiger partial charge >= 0.3 is 0 Å². The number of terminal acetylenes is 1. The zero-order chi connectivity index (χ0) is 16.3. The second-order valence-corrected chi connectivity index (χ2v) is 6.07. The van der Waals surface area contributed by atoms with Gasteiger partial charge in [-0.25, -0.2) is 0 Å². The van der Waals surface area contributed by atoms with E-state index in [0.29, 0.717) is 19.3 Å². The maximum atomic E-state index is 12.3. The molecule has 1 aromatic carbocycles. The van der Waals surface area contributed by atoms with Gasteiger partial charge in [0.25, 0.3) is 0 Å². The molecule has 0 spiro atoms. The number of fused-ring (bicyclic) bond motifs is 1. The predicted octanol–water partition coefficient (Wildman–Crippen LogP) is 3.48. The number of carbonyl (C=O) groups is 1. The van der Waals surface area contributed by atoms with Crippen LogP contribution in [0.1, 0.15) is 43.2 Å². The molecule has 0 bridgehead atoms. The van der Waals surface area contributed by atoms with Crippen LogP contribution in [0.2, 0.25) is 0 Å². The van der Waals surface area contributed by atoms with Crippen molar-refractivity contribution in [3.8, 4) is 18.1 Å². The number of hydrogen-bond donors (Lipinski definition) is 1. The monoisotopic (exact) mass is 311 g/mol. The highest BCUT2D eigenvalue weighted by Crippen LogP contribution is 2.39. The standard InChI is InChI=1S/C18H21N3O2/c1-3-4-11-18(20-21-18)12-10-16(22)19-17-14-7-5-6-13(14)8-9-15(17)23-2/h1,8-9H,4-7,10-12H2,2H3,(H,19,22). The van der Waals surface area contributed by atoms with Gasteiger partial charge in [0.15, 0.2) is 5.66 Å². The van der Waals surface area contributed by atoms with Crippen LogP contribution in [0.5, 0.6) is 5.75 Å². The van der Waals surface area contributed by atoms with Crippen LogP contribution >= 0.6 is 0 Å². The van der Waals surface area contributed by atoms with Crippen molar-refractivity contribution in [1.82, 2.24) is 0 Å². The number of rotatable bonds is 7. The van der Waals surface area contributed by atoms with E-state index in [1.165, 1.54) is 11.1 Å². The lowest BCUT2D eigenvalue weighted by molar-refractivity contribution is -0.116. The topological polar surface area (TPSA) is 63.0 Å². The average molecular weight is 311 g/mol. The van der Waals surface area contributed by atoms with Gasteiger partial charge < -0.3 is 10.1 Å². The van der Waals surface area contributed by atoms with Crippen LogP contribution in [0, 0.1) is 12.3 Å². The van der Waals surface area contributed by atoms with E-state index in [4.69, 9.17) is 11.2 Å². The summed E-state index contributed by atoms with van der Waals surface area (Å²) in [5, 5.41) is 11.2. The highest BCUT2D eigenvalue weighted by molar-refractivity contribution is 5.93. The van der Waals surface area contributed by atoms with Crippen molar-refractivity contribution in [1.29, 1.82) is 0 Å². The molecule has 0 saturated heterocycles. The number of carbonyl (C=O) groups excluding carboxylic acids is 1. The Labute approximate surface area is 136 Å². The summed E-state index contributed by atoms with van der Waals surface area (Å²) >= 11 is 0. The molecule has 1 amide bonds. The summed E-state index contributed by atoms with van der Waals surface area (Å²) in [5.74, 6) is 3.29. The molecule has 0 fully saturated rings. The molecule has 0 aromatic heterocycles. The third kappa shape index (κ3) is 3.37. The molecule has 120 valence electrons. The molecule has 23 heavy (non-hydrogen) atoms. The minimum atomic E-state index is -0.410. The number of amides is 1. The number of nitrogens with one attached hydrogen (secondary N) is 1. The molecule has 0 unspecified atom stereocenters. The van der Waals surface area contributed by atoms with E-state index >= 15 is 0 Å². The Morgan fingerprint density at radius 3 is 2.91 bits per heavy atom. The van der Waals surface area contributed by atoms with Gasteiger partial charge in [0.1, 0.15) is 5.75 Å². The van der Waals surface area contributed by atoms with E-state index in [2.05, 4.69) is 27.5 Å². The number of aryl methyl sites for hydroxylation is 1. The minimum Gasteiger partial charge on any atom is -0.495 e. The smallest absolute Gasteiger partial charge is 0.224 e. The number of methoxy groups -OCH3 is 1. The molecule has 2 aliphatic rings. The average Bonchev–Trinajstić information content (AvgIpc) is 3.17. The maximum Gasteiger partial charge on any atom is 0.224 e. The summed E-state index contributed by atoms with van der Waals surface area (Å²) < 4.78 is 5.41. The van der Waals surface area contributed by atoms with Crippen molar-refractivity contribution in [3.63, 3.8) is 0 Å². The van der Waals surface area contributed by atoms with Crippen LogP contribution in [0.25, 0.3) is 0 Å². The van der Waals surface area contributed by atoms with E-state index < -0.39 is 5.66 Å². The first-order valence-electron chi connectivity index (χ1n) is 8.03. The van der Waals surface area contributed by atoms with Gasteiger partial charge in [-0.3, -0.25) is 4.79 Å². The minimum absolute atomic E-state index is 0.0269. The molecule has 0 radical (unpaired) electrons. The molecule has 0 atom stereocenters. The van der Waals surface area contributed by atoms with Crippen molar-refractivity contribution in [3.05, 3.63) is 23.3 Å². The zero-order valence-corrected chi connectivity index (χ0v) is 13.4. The molecule has 1 heterocycles. The van der Waals surface area contributed by atoms with Crippen LogP contribution in [0.15, 0.2) is 22.4 Å². The highest BCUT2D eigenvalue weighted by Gasteiger charge is 2.39. The number of hydrogen-bond acceptors (Lipinski definition) is 4. The summed E-state index contributed by atoms with van der Waals surface area (Å²) in [6, 6.07) is 4.02. The number of nitrogens with zero attached hydrogens (tertiary/aromatic N) is 2. The SMILES string of the molecule is C#CCCC1(CCC(=O)Nc2c(OC)ccc3c2CCC3)N=N1. The fourth-order valence-corrected chi connectivity index (χ4v) is 3.14. The van der Waals surface area contributed by atoms with E-state index in [1.807, 2.05) is 6.07 Å². The van der Waals surface area contributed by atoms with Gasteiger partial charge in [-0.1, -0.05) is 6.07 Å². The number of anilines is 1. The first-order valence-corrected chi connectivity index (χ1v) is 8.03. The van der Waals surface area contributed by atoms with Crippen molar-refractivity contribution in [2.45, 2.75) is 50.6 Å². The molecule has 1 aliphatic carbocycles. The summed E-state index contributed by atoms with van der Waals surface area (Å²) in [6.07, 6.45) is 10.8. The van der Waals surface area contributed by atoms with Crippen molar-refractivity contribution in [2.24, 2.45) is 10.2 Å². The van der Waals surface area contributed by atoms with Crippen molar-refractivity contribution < 1.29 is 9.53 Å². The lowest BCUT2D eigenvalue weighted by Gasteiger charge is -2.15. The third-order valence-electron chi connectivity index (χ3n) is 4.53. The quantitative estimate of drug-likeness (QED) is 0.784. The van der Waals surface area contributed by atoms with Crippen LogP contribution in [0.4, 0.5) is 5.69 Å². The van der Waals surface area contributed by atoms with Gasteiger partial charge in [0, 0.05) is 25.7 Å². The van der Waals surface area contributed by atoms with Crippen LogP contribution in [0.3, 0.4) is 0 Å². The van der Waals surface area contributed by atoms with Gasteiger partial charge in [0.2, 0.25) is 5.91 Å². The highest BCUT2D eigenvalue weighted by atomic mass is 16.5. The number of ether oxygens (including phenoxy) is 1. The molecule has 5 heteroatoms. The van der Waals surface area contributed by atoms with Gasteiger partial charge in [-0.2, -0.15) is 10.2 Å². The Morgan fingerprint density at radius 2 is 2.22 bits per heavy atom. The lowest BCUT2D eigenvalue weighted by atomic mass is 10.0. The fraction of sp³-hybridized carbons (Fsp3) is 0.500. The molecular formula is C18H21N3O2. The van der Waals surface area contributed by atoms with Crippen LogP contribution in [-0.4, -0.2) is 18.7 Å². The molecule has 1 aromatic rings. The predicted molar refractivity (Wildman–Crippen MR) is 88.5 cm³/mol. The molecule has 1 aliphatic heterocycles. The van der Waals surface area contributed by atoms with Crippen LogP contribution < -0.4 is 10.1 Å². The Balaban J connectivity index is 1.63. The summed E-state index contributed by atoms with van der Waals surface area (Å²) in [5.41, 5.74) is 2.93. The Bertz CT molecular complexity index is 682. The molecule has 0 saturated carbocycles. The van der Waals surface area contributed by atoms with E-state index in [1.54, 1.807) is 7.11 Å². The third-order valence-corrected chi connectivity index (χ3v) is 4.53. The van der Waals surface area contributed by atoms with Crippen molar-refractivity contribution in [2.75, 3.05) is 12.4 Å². The Morgan fingerprint density at radius 1 is 1.39 bits per heavy atom. The Hall–Kier alpha value is -2.35. The van der Waals surface area contributed by atoms with E-state index in [-0.39, 0.29) is 5.91 Å². The fourth-order valence-electron chi connectivity index (χ4n) is 3.14. The lowest BCUT2D eigenvalue weighted by Crippen LogP contribution is -2.18. The molecule has 3 rings (SSSR count). The summed E-state index contributed by atoms with van der Waals surface area (Å²) in [6.45, 7) is 0. The van der Waals surface area contributed by atoms with E-state index in [9.17, 15) is 4.79 Å². The second kappa shape index (κ2) is 6.41.